The fraction of sp³-hybridized carbons (Fsp3) is 0.333. The molecule has 0 aromatic heterocycles. The minimum atomic E-state index is 0.103. The fourth-order valence-electron chi connectivity index (χ4n) is 0.876. The number of hydrogen-bond acceptors (Lipinski definition) is 2. The van der Waals surface area contributed by atoms with E-state index in [-0.39, 0.29) is 12.6 Å². The van der Waals surface area contributed by atoms with Gasteiger partial charge in [0.1, 0.15) is 0 Å². The monoisotopic (exact) mass is 229 g/mol. The molecule has 1 aromatic carbocycles. The molecular weight excluding hydrogens is 218 g/mol. The smallest absolute Gasteiger partial charge is 0.0630 e. The average Bonchev–Trinajstić information content (AvgIpc) is 2.09. The van der Waals surface area contributed by atoms with Crippen molar-refractivity contribution in [2.45, 2.75) is 13.0 Å². The molecule has 3 heteroatoms. The van der Waals surface area contributed by atoms with Crippen LogP contribution in [0.2, 0.25) is 0 Å². The molecule has 0 spiro atoms. The number of aliphatic hydroxyl groups is 1. The van der Waals surface area contributed by atoms with Gasteiger partial charge in [-0.25, -0.2) is 0 Å². The number of hydrogen-bond donors (Lipinski definition) is 2. The van der Waals surface area contributed by atoms with Gasteiger partial charge in [-0.05, 0) is 31.2 Å². The first-order chi connectivity index (χ1) is 5.72. The van der Waals surface area contributed by atoms with E-state index in [0.29, 0.717) is 0 Å². The Kier molecular flexibility index (Phi) is 3.56. The van der Waals surface area contributed by atoms with Crippen LogP contribution >= 0.6 is 15.9 Å². The molecule has 0 aliphatic heterocycles. The first kappa shape index (κ1) is 9.55. The zero-order valence-corrected chi connectivity index (χ0v) is 8.51. The molecule has 66 valence electrons. The lowest BCUT2D eigenvalue weighted by Crippen LogP contribution is -2.18. The van der Waals surface area contributed by atoms with Crippen LogP contribution in [0.15, 0.2) is 28.7 Å². The number of rotatable bonds is 3. The van der Waals surface area contributed by atoms with E-state index in [1.807, 2.05) is 31.2 Å². The Bertz CT molecular complexity index is 235. The number of halogens is 1. The van der Waals surface area contributed by atoms with E-state index in [1.54, 1.807) is 0 Å². The summed E-state index contributed by atoms with van der Waals surface area (Å²) in [5.74, 6) is 0. The van der Waals surface area contributed by atoms with Crippen molar-refractivity contribution < 1.29 is 5.11 Å². The van der Waals surface area contributed by atoms with Crippen LogP contribution in [-0.2, 0) is 0 Å². The van der Waals surface area contributed by atoms with E-state index in [9.17, 15) is 0 Å². The molecule has 2 N–H and O–H groups in total. The van der Waals surface area contributed by atoms with Crippen LogP contribution in [-0.4, -0.2) is 17.8 Å². The molecule has 0 heterocycles. The second-order valence-corrected chi connectivity index (χ2v) is 3.65. The molecule has 0 bridgehead atoms. The van der Waals surface area contributed by atoms with Crippen LogP contribution in [0.5, 0.6) is 0 Å². The Hall–Kier alpha value is -0.540. The number of nitrogens with one attached hydrogen (secondary N) is 1. The predicted molar refractivity (Wildman–Crippen MR) is 54.3 cm³/mol. The largest absolute Gasteiger partial charge is 0.394 e. The number of benzene rings is 1. The summed E-state index contributed by atoms with van der Waals surface area (Å²) in [5.41, 5.74) is 1.03. The minimum absolute atomic E-state index is 0.103. The molecule has 1 unspecified atom stereocenters. The van der Waals surface area contributed by atoms with Gasteiger partial charge in [-0.3, -0.25) is 0 Å². The molecule has 1 atom stereocenters. The van der Waals surface area contributed by atoms with Gasteiger partial charge < -0.3 is 10.4 Å². The van der Waals surface area contributed by atoms with Gasteiger partial charge in [0.15, 0.2) is 0 Å². The average molecular weight is 230 g/mol. The number of anilines is 1. The molecule has 0 fully saturated rings. The van der Waals surface area contributed by atoms with Crippen molar-refractivity contribution in [2.24, 2.45) is 0 Å². The molecule has 0 aliphatic rings. The highest BCUT2D eigenvalue weighted by Crippen LogP contribution is 2.14. The molecule has 1 aromatic rings. The summed E-state index contributed by atoms with van der Waals surface area (Å²) in [6.45, 7) is 2.08. The molecule has 0 aliphatic carbocycles. The Morgan fingerprint density at radius 2 is 2.00 bits per heavy atom. The fourth-order valence-corrected chi connectivity index (χ4v) is 1.14. The van der Waals surface area contributed by atoms with Crippen molar-refractivity contribution in [1.82, 2.24) is 0 Å². The third-order valence-electron chi connectivity index (χ3n) is 1.53. The standard InChI is InChI=1S/C9H12BrNO/c1-7(6-12)11-9-4-2-8(10)3-5-9/h2-5,7,11-12H,6H2,1H3. The Morgan fingerprint density at radius 3 is 2.50 bits per heavy atom. The van der Waals surface area contributed by atoms with Gasteiger partial charge in [0.2, 0.25) is 0 Å². The van der Waals surface area contributed by atoms with Crippen molar-refractivity contribution in [3.8, 4) is 0 Å². The summed E-state index contributed by atoms with van der Waals surface area (Å²) in [7, 11) is 0. The highest BCUT2D eigenvalue weighted by Gasteiger charge is 1.98. The molecule has 2 nitrogen and oxygen atoms in total. The van der Waals surface area contributed by atoms with Crippen LogP contribution in [0, 0.1) is 0 Å². The molecule has 0 amide bonds. The lowest BCUT2D eigenvalue weighted by Gasteiger charge is -2.11. The molecule has 0 radical (unpaired) electrons. The van der Waals surface area contributed by atoms with E-state index in [2.05, 4.69) is 21.2 Å². The zero-order chi connectivity index (χ0) is 8.97. The highest BCUT2D eigenvalue weighted by molar-refractivity contribution is 9.10. The maximum Gasteiger partial charge on any atom is 0.0630 e. The van der Waals surface area contributed by atoms with E-state index < -0.39 is 0 Å². The van der Waals surface area contributed by atoms with E-state index in [1.165, 1.54) is 0 Å². The molecule has 12 heavy (non-hydrogen) atoms. The second kappa shape index (κ2) is 4.48. The van der Waals surface area contributed by atoms with Gasteiger partial charge in [0, 0.05) is 16.2 Å². The first-order valence-corrected chi connectivity index (χ1v) is 4.64. The van der Waals surface area contributed by atoms with Crippen molar-refractivity contribution in [3.05, 3.63) is 28.7 Å². The first-order valence-electron chi connectivity index (χ1n) is 3.85. The maximum absolute atomic E-state index is 8.78. The van der Waals surface area contributed by atoms with Gasteiger partial charge in [-0.15, -0.1) is 0 Å². The van der Waals surface area contributed by atoms with E-state index in [0.717, 1.165) is 10.2 Å². The topological polar surface area (TPSA) is 32.3 Å². The van der Waals surface area contributed by atoms with Crippen molar-refractivity contribution >= 4 is 21.6 Å². The lowest BCUT2D eigenvalue weighted by molar-refractivity contribution is 0.281. The van der Waals surface area contributed by atoms with Crippen LogP contribution in [0.3, 0.4) is 0 Å². The molecular formula is C9H12BrNO. The normalized spacial score (nSPS) is 12.6. The molecule has 0 saturated heterocycles. The maximum atomic E-state index is 8.78. The summed E-state index contributed by atoms with van der Waals surface area (Å²) in [6.07, 6.45) is 0. The quantitative estimate of drug-likeness (QED) is 0.834. The summed E-state index contributed by atoms with van der Waals surface area (Å²) < 4.78 is 1.06. The summed E-state index contributed by atoms with van der Waals surface area (Å²) in [5, 5.41) is 11.9. The predicted octanol–water partition coefficient (Wildman–Crippen LogP) is 2.24. The van der Waals surface area contributed by atoms with Crippen molar-refractivity contribution in [3.63, 3.8) is 0 Å². The van der Waals surface area contributed by atoms with Crippen molar-refractivity contribution in [1.29, 1.82) is 0 Å². The minimum Gasteiger partial charge on any atom is -0.394 e. The zero-order valence-electron chi connectivity index (χ0n) is 6.92. The summed E-state index contributed by atoms with van der Waals surface area (Å²) in [4.78, 5) is 0. The second-order valence-electron chi connectivity index (χ2n) is 2.73. The van der Waals surface area contributed by atoms with Crippen LogP contribution in [0.1, 0.15) is 6.92 Å². The van der Waals surface area contributed by atoms with Gasteiger partial charge in [0.25, 0.3) is 0 Å². The van der Waals surface area contributed by atoms with Crippen LogP contribution in [0.4, 0.5) is 5.69 Å². The lowest BCUT2D eigenvalue weighted by atomic mass is 10.3. The van der Waals surface area contributed by atoms with Crippen LogP contribution < -0.4 is 5.32 Å². The summed E-state index contributed by atoms with van der Waals surface area (Å²) >= 11 is 3.35. The van der Waals surface area contributed by atoms with E-state index >= 15 is 0 Å². The number of aliphatic hydroxyl groups excluding tert-OH is 1. The molecule has 0 saturated carbocycles. The SMILES string of the molecule is CC(CO)Nc1ccc(Br)cc1. The molecule has 1 rings (SSSR count). The van der Waals surface area contributed by atoms with Crippen molar-refractivity contribution in [2.75, 3.05) is 11.9 Å². The van der Waals surface area contributed by atoms with E-state index in [4.69, 9.17) is 5.11 Å². The van der Waals surface area contributed by atoms with Gasteiger partial charge in [-0.2, -0.15) is 0 Å². The summed E-state index contributed by atoms with van der Waals surface area (Å²) in [6, 6.07) is 7.97. The Balaban J connectivity index is 2.58. The third kappa shape index (κ3) is 2.83. The van der Waals surface area contributed by atoms with Crippen LogP contribution in [0.25, 0.3) is 0 Å². The van der Waals surface area contributed by atoms with Gasteiger partial charge in [0.05, 0.1) is 6.61 Å². The Morgan fingerprint density at radius 1 is 1.42 bits per heavy atom. The van der Waals surface area contributed by atoms with Gasteiger partial charge in [-0.1, -0.05) is 15.9 Å². The Labute approximate surface area is 80.7 Å². The highest BCUT2D eigenvalue weighted by atomic mass is 79.9. The third-order valence-corrected chi connectivity index (χ3v) is 2.06. The van der Waals surface area contributed by atoms with Gasteiger partial charge >= 0.3 is 0 Å².